The molecule has 0 atom stereocenters. The lowest BCUT2D eigenvalue weighted by atomic mass is 9.89. The van der Waals surface area contributed by atoms with Crippen LogP contribution in [0.4, 0.5) is 10.6 Å². The molecule has 25 heavy (non-hydrogen) atoms. The van der Waals surface area contributed by atoms with Crippen molar-refractivity contribution >= 4 is 11.8 Å². The molecule has 2 amide bonds. The fourth-order valence-electron chi connectivity index (χ4n) is 2.49. The summed E-state index contributed by atoms with van der Waals surface area (Å²) in [4.78, 5) is 12.0. The van der Waals surface area contributed by atoms with E-state index in [0.717, 1.165) is 24.2 Å². The van der Waals surface area contributed by atoms with Crippen LogP contribution in [0.5, 0.6) is 0 Å². The zero-order valence-corrected chi connectivity index (χ0v) is 15.5. The molecule has 2 aromatic rings. The maximum absolute atomic E-state index is 12.0. The van der Waals surface area contributed by atoms with Crippen molar-refractivity contribution in [2.45, 2.75) is 40.5 Å². The van der Waals surface area contributed by atoms with Gasteiger partial charge in [-0.25, -0.2) is 9.48 Å². The van der Waals surface area contributed by atoms with E-state index in [4.69, 9.17) is 0 Å². The van der Waals surface area contributed by atoms with Crippen LogP contribution >= 0.6 is 0 Å². The Kier molecular flexibility index (Phi) is 6.20. The van der Waals surface area contributed by atoms with Gasteiger partial charge in [-0.2, -0.15) is 0 Å². The van der Waals surface area contributed by atoms with Gasteiger partial charge in [0.05, 0.1) is 5.69 Å². The van der Waals surface area contributed by atoms with Crippen molar-refractivity contribution < 1.29 is 9.90 Å². The summed E-state index contributed by atoms with van der Waals surface area (Å²) < 4.78 is 1.80. The smallest absolute Gasteiger partial charge is 0.320 e. The number of anilines is 1. The van der Waals surface area contributed by atoms with E-state index in [2.05, 4.69) is 15.7 Å². The van der Waals surface area contributed by atoms with Gasteiger partial charge in [0.15, 0.2) is 5.82 Å². The highest BCUT2D eigenvalue weighted by Gasteiger charge is 2.15. The van der Waals surface area contributed by atoms with E-state index in [1.54, 1.807) is 4.68 Å². The maximum atomic E-state index is 12.0. The molecule has 0 unspecified atom stereocenters. The van der Waals surface area contributed by atoms with Gasteiger partial charge in [-0.3, -0.25) is 5.32 Å². The summed E-state index contributed by atoms with van der Waals surface area (Å²) in [5.74, 6) is 0.520. The largest absolute Gasteiger partial charge is 0.396 e. The molecule has 2 rings (SSSR count). The quantitative estimate of drug-likeness (QED) is 0.674. The highest BCUT2D eigenvalue weighted by atomic mass is 16.3. The van der Waals surface area contributed by atoms with Crippen molar-refractivity contribution in [2.75, 3.05) is 18.5 Å². The van der Waals surface area contributed by atoms with Crippen molar-refractivity contribution in [3.8, 4) is 5.69 Å². The summed E-state index contributed by atoms with van der Waals surface area (Å²) in [6, 6.07) is 9.64. The Morgan fingerprint density at radius 3 is 2.56 bits per heavy atom. The molecule has 0 spiro atoms. The van der Waals surface area contributed by atoms with Gasteiger partial charge in [0.2, 0.25) is 0 Å². The van der Waals surface area contributed by atoms with Crippen LogP contribution in [-0.4, -0.2) is 34.1 Å². The molecule has 0 saturated carbocycles. The van der Waals surface area contributed by atoms with E-state index in [1.165, 1.54) is 5.56 Å². The Labute approximate surface area is 149 Å². The molecule has 1 heterocycles. The minimum absolute atomic E-state index is 0.109. The fraction of sp³-hybridized carbons (Fsp3) is 0.474. The van der Waals surface area contributed by atoms with E-state index < -0.39 is 0 Å². The maximum Gasteiger partial charge on any atom is 0.320 e. The topological polar surface area (TPSA) is 79.2 Å². The Hall–Kier alpha value is -2.34. The lowest BCUT2D eigenvalue weighted by Gasteiger charge is -2.21. The Balaban J connectivity index is 1.87. The normalized spacial score (nSPS) is 11.4. The van der Waals surface area contributed by atoms with Crippen molar-refractivity contribution in [3.05, 3.63) is 41.6 Å². The number of carbonyl (C=O) groups excluding carboxylic acids is 1. The van der Waals surface area contributed by atoms with Crippen LogP contribution in [0.1, 0.15) is 37.9 Å². The van der Waals surface area contributed by atoms with Gasteiger partial charge in [-0.1, -0.05) is 31.5 Å². The first kappa shape index (κ1) is 19.0. The standard InChI is InChI=1S/C19H28N4O2/c1-14-6-8-16(9-7-14)23-15(2)12-17(22-23)21-18(25)20-11-5-10-19(3,4)13-24/h6-9,12,24H,5,10-11,13H2,1-4H3,(H2,20,21,22,25). The molecular formula is C19H28N4O2. The number of aliphatic hydroxyl groups is 1. The summed E-state index contributed by atoms with van der Waals surface area (Å²) in [5, 5.41) is 19.3. The molecular weight excluding hydrogens is 316 g/mol. The van der Waals surface area contributed by atoms with Crippen LogP contribution in [0, 0.1) is 19.3 Å². The lowest BCUT2D eigenvalue weighted by molar-refractivity contribution is 0.148. The highest BCUT2D eigenvalue weighted by molar-refractivity contribution is 5.88. The summed E-state index contributed by atoms with van der Waals surface area (Å²) >= 11 is 0. The number of benzene rings is 1. The van der Waals surface area contributed by atoms with E-state index in [9.17, 15) is 9.90 Å². The second kappa shape index (κ2) is 8.16. The zero-order valence-electron chi connectivity index (χ0n) is 15.5. The molecule has 0 saturated heterocycles. The van der Waals surface area contributed by atoms with Gasteiger partial charge in [0.25, 0.3) is 0 Å². The van der Waals surface area contributed by atoms with Crippen LogP contribution in [0.2, 0.25) is 0 Å². The number of nitrogens with zero attached hydrogens (tertiary/aromatic N) is 2. The first-order valence-corrected chi connectivity index (χ1v) is 8.60. The number of rotatable bonds is 7. The van der Waals surface area contributed by atoms with Crippen LogP contribution in [0.15, 0.2) is 30.3 Å². The number of aryl methyl sites for hydroxylation is 2. The Morgan fingerprint density at radius 2 is 1.92 bits per heavy atom. The number of carbonyl (C=O) groups is 1. The van der Waals surface area contributed by atoms with Gasteiger partial charge in [0, 0.05) is 24.9 Å². The number of aliphatic hydroxyl groups excluding tert-OH is 1. The monoisotopic (exact) mass is 344 g/mol. The van der Waals surface area contributed by atoms with E-state index in [-0.39, 0.29) is 18.1 Å². The lowest BCUT2D eigenvalue weighted by Crippen LogP contribution is -2.30. The average molecular weight is 344 g/mol. The minimum Gasteiger partial charge on any atom is -0.396 e. The van der Waals surface area contributed by atoms with Crippen LogP contribution in [0.3, 0.4) is 0 Å². The summed E-state index contributed by atoms with van der Waals surface area (Å²) in [6.07, 6.45) is 1.67. The van der Waals surface area contributed by atoms with Crippen molar-refractivity contribution in [3.63, 3.8) is 0 Å². The number of aromatic nitrogens is 2. The number of hydrogen-bond donors (Lipinski definition) is 3. The molecule has 0 aliphatic rings. The van der Waals surface area contributed by atoms with Crippen molar-refractivity contribution in [1.82, 2.24) is 15.1 Å². The van der Waals surface area contributed by atoms with Gasteiger partial charge < -0.3 is 10.4 Å². The number of urea groups is 1. The highest BCUT2D eigenvalue weighted by Crippen LogP contribution is 2.20. The van der Waals surface area contributed by atoms with Gasteiger partial charge in [-0.05, 0) is 44.2 Å². The van der Waals surface area contributed by atoms with E-state index in [1.807, 2.05) is 58.0 Å². The van der Waals surface area contributed by atoms with Gasteiger partial charge >= 0.3 is 6.03 Å². The Bertz CT molecular complexity index is 705. The van der Waals surface area contributed by atoms with Crippen LogP contribution in [-0.2, 0) is 0 Å². The number of hydrogen-bond acceptors (Lipinski definition) is 3. The molecule has 1 aromatic carbocycles. The first-order valence-electron chi connectivity index (χ1n) is 8.60. The molecule has 3 N–H and O–H groups in total. The summed E-state index contributed by atoms with van der Waals surface area (Å²) in [6.45, 7) is 8.72. The summed E-state index contributed by atoms with van der Waals surface area (Å²) in [7, 11) is 0. The molecule has 0 fully saturated rings. The first-order chi connectivity index (χ1) is 11.8. The molecule has 6 nitrogen and oxygen atoms in total. The predicted molar refractivity (Wildman–Crippen MR) is 100 cm³/mol. The predicted octanol–water partition coefficient (Wildman–Crippen LogP) is 3.41. The van der Waals surface area contributed by atoms with Crippen LogP contribution in [0.25, 0.3) is 5.69 Å². The SMILES string of the molecule is Cc1ccc(-n2nc(NC(=O)NCCCC(C)(C)CO)cc2C)cc1. The zero-order chi connectivity index (χ0) is 18.4. The average Bonchev–Trinajstić information content (AvgIpc) is 2.92. The molecule has 136 valence electrons. The molecule has 0 aliphatic heterocycles. The molecule has 0 bridgehead atoms. The van der Waals surface area contributed by atoms with Crippen LogP contribution < -0.4 is 10.6 Å². The second-order valence-electron chi connectivity index (χ2n) is 7.23. The third-order valence-electron chi connectivity index (χ3n) is 4.15. The van der Waals surface area contributed by atoms with Crippen molar-refractivity contribution in [1.29, 1.82) is 0 Å². The third-order valence-corrected chi connectivity index (χ3v) is 4.15. The molecule has 0 aliphatic carbocycles. The fourth-order valence-corrected chi connectivity index (χ4v) is 2.49. The molecule has 6 heteroatoms. The molecule has 1 aromatic heterocycles. The summed E-state index contributed by atoms with van der Waals surface area (Å²) in [5.41, 5.74) is 2.99. The minimum atomic E-state index is -0.268. The van der Waals surface area contributed by atoms with E-state index in [0.29, 0.717) is 12.4 Å². The number of nitrogens with one attached hydrogen (secondary N) is 2. The van der Waals surface area contributed by atoms with Gasteiger partial charge in [0.1, 0.15) is 0 Å². The number of amides is 2. The molecule has 0 radical (unpaired) electrons. The van der Waals surface area contributed by atoms with E-state index >= 15 is 0 Å². The second-order valence-corrected chi connectivity index (χ2v) is 7.23. The van der Waals surface area contributed by atoms with Gasteiger partial charge in [-0.15, -0.1) is 5.10 Å². The Morgan fingerprint density at radius 1 is 1.24 bits per heavy atom. The van der Waals surface area contributed by atoms with Crippen molar-refractivity contribution in [2.24, 2.45) is 5.41 Å². The third kappa shape index (κ3) is 5.60.